The van der Waals surface area contributed by atoms with E-state index >= 15 is 0 Å². The Kier molecular flexibility index (Phi) is 3.47. The molecule has 112 valence electrons. The molecule has 3 heterocycles. The summed E-state index contributed by atoms with van der Waals surface area (Å²) < 4.78 is 0. The van der Waals surface area contributed by atoms with Crippen LogP contribution in [0.4, 0.5) is 0 Å². The van der Waals surface area contributed by atoms with Crippen LogP contribution in [0.2, 0.25) is 0 Å². The predicted molar refractivity (Wildman–Crippen MR) is 90.3 cm³/mol. The minimum absolute atomic E-state index is 0.247. The summed E-state index contributed by atoms with van der Waals surface area (Å²) in [4.78, 5) is 19.2. The molecule has 1 aliphatic rings. The number of nitrogens with one attached hydrogen (secondary N) is 1. The lowest BCUT2D eigenvalue weighted by Gasteiger charge is -2.20. The van der Waals surface area contributed by atoms with Gasteiger partial charge in [0.05, 0.1) is 6.42 Å². The molecule has 0 unspecified atom stereocenters. The number of carbonyl (C=O) groups excluding carboxylic acids is 1. The number of aromatic nitrogens is 1. The summed E-state index contributed by atoms with van der Waals surface area (Å²) in [6, 6.07) is 12.5. The number of carbonyl (C=O) groups is 1. The van der Waals surface area contributed by atoms with Crippen molar-refractivity contribution in [2.24, 2.45) is 0 Å². The zero-order valence-electron chi connectivity index (χ0n) is 12.3. The first-order valence-corrected chi connectivity index (χ1v) is 8.58. The summed E-state index contributed by atoms with van der Waals surface area (Å²) in [5.41, 5.74) is 3.90. The molecule has 1 aromatic carbocycles. The molecule has 1 aliphatic heterocycles. The smallest absolute Gasteiger partial charge is 0.227 e. The van der Waals surface area contributed by atoms with Crippen molar-refractivity contribution in [1.82, 2.24) is 9.88 Å². The lowest BCUT2D eigenvalue weighted by Crippen LogP contribution is -2.34. The van der Waals surface area contributed by atoms with Crippen LogP contribution in [0.25, 0.3) is 10.9 Å². The fraction of sp³-hybridized carbons (Fsp3) is 0.278. The molecule has 4 rings (SSSR count). The van der Waals surface area contributed by atoms with Crippen LogP contribution in [0.1, 0.15) is 16.1 Å². The topological polar surface area (TPSA) is 36.1 Å². The number of amides is 1. The molecule has 0 bridgehead atoms. The monoisotopic (exact) mass is 310 g/mol. The van der Waals surface area contributed by atoms with Crippen molar-refractivity contribution in [2.75, 3.05) is 13.1 Å². The highest BCUT2D eigenvalue weighted by molar-refractivity contribution is 7.10. The van der Waals surface area contributed by atoms with Gasteiger partial charge < -0.3 is 9.88 Å². The van der Waals surface area contributed by atoms with E-state index in [0.29, 0.717) is 6.42 Å². The van der Waals surface area contributed by atoms with Gasteiger partial charge in [0.25, 0.3) is 0 Å². The van der Waals surface area contributed by atoms with Gasteiger partial charge in [-0.25, -0.2) is 0 Å². The van der Waals surface area contributed by atoms with Gasteiger partial charge in [-0.2, -0.15) is 0 Å². The van der Waals surface area contributed by atoms with E-state index in [1.165, 1.54) is 22.2 Å². The Morgan fingerprint density at radius 3 is 2.86 bits per heavy atom. The summed E-state index contributed by atoms with van der Waals surface area (Å²) in [6.45, 7) is 1.63. The summed E-state index contributed by atoms with van der Waals surface area (Å²) in [7, 11) is 0. The fourth-order valence-electron chi connectivity index (χ4n) is 3.28. The number of benzene rings is 1. The molecule has 0 atom stereocenters. The summed E-state index contributed by atoms with van der Waals surface area (Å²) in [5.74, 6) is 0.247. The van der Waals surface area contributed by atoms with E-state index in [9.17, 15) is 4.79 Å². The van der Waals surface area contributed by atoms with Gasteiger partial charge >= 0.3 is 0 Å². The van der Waals surface area contributed by atoms with Crippen LogP contribution in [0, 0.1) is 0 Å². The number of nitrogens with zero attached hydrogens (tertiary/aromatic N) is 1. The first-order chi connectivity index (χ1) is 10.8. The zero-order chi connectivity index (χ0) is 14.9. The lowest BCUT2D eigenvalue weighted by atomic mass is 10.1. The Labute approximate surface area is 133 Å². The first-order valence-electron chi connectivity index (χ1n) is 7.70. The minimum atomic E-state index is 0.247. The predicted octanol–water partition coefficient (Wildman–Crippen LogP) is 3.40. The maximum Gasteiger partial charge on any atom is 0.227 e. The van der Waals surface area contributed by atoms with Gasteiger partial charge in [-0.3, -0.25) is 4.79 Å². The van der Waals surface area contributed by atoms with Crippen LogP contribution >= 0.6 is 11.3 Å². The Balaban J connectivity index is 1.52. The van der Waals surface area contributed by atoms with Gasteiger partial charge in [-0.05, 0) is 29.5 Å². The van der Waals surface area contributed by atoms with E-state index in [1.54, 1.807) is 11.3 Å². The van der Waals surface area contributed by atoms with E-state index in [2.05, 4.69) is 29.2 Å². The summed E-state index contributed by atoms with van der Waals surface area (Å²) >= 11 is 1.66. The zero-order valence-corrected chi connectivity index (χ0v) is 13.2. The highest BCUT2D eigenvalue weighted by atomic mass is 32.1. The van der Waals surface area contributed by atoms with Gasteiger partial charge in [-0.1, -0.05) is 24.3 Å². The second-order valence-corrected chi connectivity index (χ2v) is 6.80. The molecular formula is C18H18N2OS. The van der Waals surface area contributed by atoms with Gasteiger partial charge in [0.1, 0.15) is 0 Å². The van der Waals surface area contributed by atoms with Crippen LogP contribution < -0.4 is 0 Å². The highest BCUT2D eigenvalue weighted by Gasteiger charge is 2.21. The van der Waals surface area contributed by atoms with E-state index in [1.807, 2.05) is 22.4 Å². The first kappa shape index (κ1) is 13.6. The van der Waals surface area contributed by atoms with Crippen molar-refractivity contribution in [3.8, 4) is 0 Å². The molecule has 1 N–H and O–H groups in total. The third-order valence-electron chi connectivity index (χ3n) is 4.42. The number of thiophene rings is 1. The van der Waals surface area contributed by atoms with E-state index < -0.39 is 0 Å². The normalized spacial score (nSPS) is 14.8. The molecule has 0 fully saturated rings. The second-order valence-electron chi connectivity index (χ2n) is 5.76. The molecular weight excluding hydrogens is 292 g/mol. The number of hydrogen-bond donors (Lipinski definition) is 1. The molecule has 3 nitrogen and oxygen atoms in total. The number of hydrogen-bond acceptors (Lipinski definition) is 2. The molecule has 0 spiro atoms. The number of para-hydroxylation sites is 1. The van der Waals surface area contributed by atoms with Crippen LogP contribution in [0.3, 0.4) is 0 Å². The minimum Gasteiger partial charge on any atom is -0.358 e. The third-order valence-corrected chi connectivity index (χ3v) is 5.30. The molecule has 1 amide bonds. The maximum absolute atomic E-state index is 12.5. The van der Waals surface area contributed by atoms with Crippen molar-refractivity contribution in [1.29, 1.82) is 0 Å². The summed E-state index contributed by atoms with van der Waals surface area (Å²) in [5, 5.41) is 3.34. The SMILES string of the molecule is O=C(Cc1cccs1)N1CCc2[nH]c3ccccc3c2CC1. The lowest BCUT2D eigenvalue weighted by molar-refractivity contribution is -0.130. The molecule has 0 saturated carbocycles. The van der Waals surface area contributed by atoms with Gasteiger partial charge in [0, 0.05) is 41.0 Å². The number of fused-ring (bicyclic) bond motifs is 3. The van der Waals surface area contributed by atoms with E-state index in [4.69, 9.17) is 0 Å². The Hall–Kier alpha value is -2.07. The largest absolute Gasteiger partial charge is 0.358 e. The van der Waals surface area contributed by atoms with Crippen molar-refractivity contribution in [3.05, 3.63) is 57.9 Å². The third kappa shape index (κ3) is 2.44. The average Bonchev–Trinajstić information content (AvgIpc) is 3.10. The van der Waals surface area contributed by atoms with Gasteiger partial charge in [0.15, 0.2) is 0 Å². The molecule has 4 heteroatoms. The molecule has 0 aliphatic carbocycles. The molecule has 3 aromatic rings. The summed E-state index contributed by atoms with van der Waals surface area (Å²) in [6.07, 6.45) is 2.39. The second kappa shape index (κ2) is 5.61. The number of aromatic amines is 1. The van der Waals surface area contributed by atoms with Crippen LogP contribution in [0.5, 0.6) is 0 Å². The Bertz CT molecular complexity index is 804. The molecule has 22 heavy (non-hydrogen) atoms. The van der Waals surface area contributed by atoms with Crippen molar-refractivity contribution >= 4 is 28.1 Å². The van der Waals surface area contributed by atoms with Gasteiger partial charge in [0.2, 0.25) is 5.91 Å². The standard InChI is InChI=1S/C18H18N2OS/c21-18(12-13-4-3-11-22-13)20-9-7-15-14-5-1-2-6-16(14)19-17(15)8-10-20/h1-6,11,19H,7-10,12H2. The van der Waals surface area contributed by atoms with Crippen LogP contribution in [0.15, 0.2) is 41.8 Å². The van der Waals surface area contributed by atoms with Gasteiger partial charge in [-0.15, -0.1) is 11.3 Å². The molecule has 2 aromatic heterocycles. The Morgan fingerprint density at radius 2 is 2.00 bits per heavy atom. The van der Waals surface area contributed by atoms with Crippen LogP contribution in [-0.2, 0) is 24.1 Å². The average molecular weight is 310 g/mol. The van der Waals surface area contributed by atoms with E-state index in [0.717, 1.165) is 30.8 Å². The van der Waals surface area contributed by atoms with E-state index in [-0.39, 0.29) is 5.91 Å². The Morgan fingerprint density at radius 1 is 1.14 bits per heavy atom. The fourth-order valence-corrected chi connectivity index (χ4v) is 3.98. The van der Waals surface area contributed by atoms with Crippen molar-refractivity contribution in [3.63, 3.8) is 0 Å². The number of H-pyrrole nitrogens is 1. The quantitative estimate of drug-likeness (QED) is 0.774. The highest BCUT2D eigenvalue weighted by Crippen LogP contribution is 2.25. The maximum atomic E-state index is 12.5. The van der Waals surface area contributed by atoms with Crippen molar-refractivity contribution < 1.29 is 4.79 Å². The number of rotatable bonds is 2. The van der Waals surface area contributed by atoms with Crippen molar-refractivity contribution in [2.45, 2.75) is 19.3 Å². The molecule has 0 radical (unpaired) electrons. The molecule has 0 saturated heterocycles. The van der Waals surface area contributed by atoms with Crippen LogP contribution in [-0.4, -0.2) is 28.9 Å².